The third-order valence-corrected chi connectivity index (χ3v) is 9.88. The summed E-state index contributed by atoms with van der Waals surface area (Å²) in [6.07, 6.45) is 39.0. The number of nitrogens with zero attached hydrogens (tertiary/aromatic N) is 1. The van der Waals surface area contributed by atoms with Gasteiger partial charge in [0.15, 0.2) is 6.10 Å². The maximum absolute atomic E-state index is 12.7. The van der Waals surface area contributed by atoms with Crippen molar-refractivity contribution in [3.05, 3.63) is 36.5 Å². The Balaban J connectivity index is 4.40. The average molecular weight is 771 g/mol. The Morgan fingerprint density at radius 3 is 1.51 bits per heavy atom. The van der Waals surface area contributed by atoms with Gasteiger partial charge >= 0.3 is 19.8 Å². The molecular formula is C43H81NO8P+. The van der Waals surface area contributed by atoms with Crippen LogP contribution in [-0.4, -0.2) is 74.9 Å². The van der Waals surface area contributed by atoms with E-state index in [0.29, 0.717) is 17.4 Å². The first-order valence-corrected chi connectivity index (χ1v) is 22.7. The Morgan fingerprint density at radius 2 is 1.02 bits per heavy atom. The van der Waals surface area contributed by atoms with Crippen LogP contribution in [0.15, 0.2) is 36.5 Å². The Kier molecular flexibility index (Phi) is 34.7. The van der Waals surface area contributed by atoms with E-state index in [1.165, 1.54) is 77.0 Å². The largest absolute Gasteiger partial charge is 0.472 e. The van der Waals surface area contributed by atoms with E-state index in [1.807, 2.05) is 21.1 Å². The molecule has 0 aliphatic heterocycles. The van der Waals surface area contributed by atoms with Crippen LogP contribution in [-0.2, 0) is 32.7 Å². The summed E-state index contributed by atoms with van der Waals surface area (Å²) in [6, 6.07) is 0. The molecule has 10 heteroatoms. The zero-order valence-electron chi connectivity index (χ0n) is 34.7. The number of quaternary nitrogens is 1. The minimum absolute atomic E-state index is 0.0283. The summed E-state index contributed by atoms with van der Waals surface area (Å²) in [5.74, 6) is -0.818. The number of hydrogen-bond donors (Lipinski definition) is 1. The minimum atomic E-state index is -4.37. The van der Waals surface area contributed by atoms with Crippen molar-refractivity contribution in [2.24, 2.45) is 0 Å². The molecule has 0 aliphatic rings. The number of likely N-dealkylation sites (N-methyl/N-ethyl adjacent to an activating group) is 1. The molecule has 0 heterocycles. The highest BCUT2D eigenvalue weighted by molar-refractivity contribution is 7.47. The molecule has 0 fully saturated rings. The predicted molar refractivity (Wildman–Crippen MR) is 220 cm³/mol. The van der Waals surface area contributed by atoms with Crippen molar-refractivity contribution in [1.82, 2.24) is 0 Å². The van der Waals surface area contributed by atoms with E-state index >= 15 is 0 Å². The number of rotatable bonds is 38. The molecule has 2 atom stereocenters. The smallest absolute Gasteiger partial charge is 0.462 e. The number of phosphoric ester groups is 1. The van der Waals surface area contributed by atoms with E-state index in [4.69, 9.17) is 18.5 Å². The van der Waals surface area contributed by atoms with Crippen molar-refractivity contribution < 1.29 is 42.1 Å². The van der Waals surface area contributed by atoms with E-state index in [0.717, 1.165) is 64.2 Å². The summed E-state index contributed by atoms with van der Waals surface area (Å²) in [7, 11) is 1.46. The quantitative estimate of drug-likeness (QED) is 0.0217. The molecule has 0 saturated heterocycles. The second kappa shape index (κ2) is 35.9. The Morgan fingerprint density at radius 1 is 0.585 bits per heavy atom. The van der Waals surface area contributed by atoms with Gasteiger partial charge in [-0.15, -0.1) is 0 Å². The van der Waals surface area contributed by atoms with Gasteiger partial charge in [0, 0.05) is 12.8 Å². The SMILES string of the molecule is CCCC/C=C/C/C=C/CCCCCCCC(=O)O[C@H](COC(=O)CCCCCCCCCCC/C=C/CCCC)COP(=O)(O)OCC[N+](C)(C)C. The molecule has 9 nitrogen and oxygen atoms in total. The average Bonchev–Trinajstić information content (AvgIpc) is 3.10. The molecular weight excluding hydrogens is 689 g/mol. The maximum atomic E-state index is 12.7. The molecule has 0 aliphatic carbocycles. The van der Waals surface area contributed by atoms with Gasteiger partial charge in [-0.25, -0.2) is 4.57 Å². The summed E-state index contributed by atoms with van der Waals surface area (Å²) in [4.78, 5) is 35.3. The molecule has 0 radical (unpaired) electrons. The fourth-order valence-electron chi connectivity index (χ4n) is 5.48. The van der Waals surface area contributed by atoms with Gasteiger partial charge in [-0.05, 0) is 57.8 Å². The van der Waals surface area contributed by atoms with Gasteiger partial charge < -0.3 is 18.9 Å². The van der Waals surface area contributed by atoms with Crippen LogP contribution in [0.2, 0.25) is 0 Å². The number of allylic oxidation sites excluding steroid dienone is 6. The highest BCUT2D eigenvalue weighted by atomic mass is 31.2. The molecule has 0 aromatic heterocycles. The number of esters is 2. The lowest BCUT2D eigenvalue weighted by Gasteiger charge is -2.24. The highest BCUT2D eigenvalue weighted by Crippen LogP contribution is 2.43. The number of carbonyl (C=O) groups is 2. The van der Waals surface area contributed by atoms with Gasteiger partial charge in [0.2, 0.25) is 0 Å². The standard InChI is InChI=1S/C43H80NO8P/c1-6-8-10-12-14-16-18-20-22-24-25-27-29-31-33-35-42(45)49-39-41(40-51-53(47,48)50-38-37-44(3,4)5)52-43(46)36-34-32-30-28-26-23-21-19-17-15-13-11-9-7-2/h12-15,19,21,41H,6-11,16-18,20,22-40H2,1-5H3/p+1/b14-12+,15-13+,21-19+/t41-/m1/s1. The van der Waals surface area contributed by atoms with Crippen LogP contribution in [0.4, 0.5) is 0 Å². The molecule has 1 unspecified atom stereocenters. The fraction of sp³-hybridized carbons (Fsp3) is 0.814. The summed E-state index contributed by atoms with van der Waals surface area (Å²) in [6.45, 7) is 4.33. The van der Waals surface area contributed by atoms with Crippen LogP contribution in [0.5, 0.6) is 0 Å². The molecule has 310 valence electrons. The van der Waals surface area contributed by atoms with Crippen LogP contribution >= 0.6 is 7.82 Å². The van der Waals surface area contributed by atoms with Gasteiger partial charge in [0.25, 0.3) is 0 Å². The van der Waals surface area contributed by atoms with Crippen molar-refractivity contribution >= 4 is 19.8 Å². The van der Waals surface area contributed by atoms with Gasteiger partial charge in [-0.2, -0.15) is 0 Å². The van der Waals surface area contributed by atoms with Crippen molar-refractivity contribution in [2.45, 2.75) is 180 Å². The minimum Gasteiger partial charge on any atom is -0.462 e. The van der Waals surface area contributed by atoms with E-state index in [1.54, 1.807) is 0 Å². The molecule has 0 aromatic rings. The third-order valence-electron chi connectivity index (χ3n) is 8.89. The lowest BCUT2D eigenvalue weighted by molar-refractivity contribution is -0.870. The lowest BCUT2D eigenvalue weighted by atomic mass is 10.1. The number of ether oxygens (including phenoxy) is 2. The normalized spacial score (nSPS) is 14.0. The van der Waals surface area contributed by atoms with Crippen LogP contribution in [0.25, 0.3) is 0 Å². The van der Waals surface area contributed by atoms with Crippen molar-refractivity contribution in [2.75, 3.05) is 47.5 Å². The van der Waals surface area contributed by atoms with Gasteiger partial charge in [-0.3, -0.25) is 18.6 Å². The molecule has 0 amide bonds. The molecule has 0 bridgehead atoms. The third kappa shape index (κ3) is 39.7. The Bertz CT molecular complexity index is 1010. The molecule has 0 saturated carbocycles. The van der Waals surface area contributed by atoms with E-state index < -0.39 is 26.5 Å². The van der Waals surface area contributed by atoms with Crippen molar-refractivity contribution in [3.8, 4) is 0 Å². The Hall–Kier alpha value is -1.77. The molecule has 1 N–H and O–H groups in total. The van der Waals surface area contributed by atoms with Crippen molar-refractivity contribution in [3.63, 3.8) is 0 Å². The second-order valence-corrected chi connectivity index (χ2v) is 16.8. The van der Waals surface area contributed by atoms with E-state index in [-0.39, 0.29) is 32.0 Å². The number of carbonyl (C=O) groups excluding carboxylic acids is 2. The van der Waals surface area contributed by atoms with Crippen LogP contribution in [0.3, 0.4) is 0 Å². The first kappa shape index (κ1) is 51.2. The number of phosphoric acid groups is 1. The Labute approximate surface area is 325 Å². The predicted octanol–water partition coefficient (Wildman–Crippen LogP) is 11.7. The van der Waals surface area contributed by atoms with Gasteiger partial charge in [-0.1, -0.05) is 140 Å². The van der Waals surface area contributed by atoms with Crippen molar-refractivity contribution in [1.29, 1.82) is 0 Å². The van der Waals surface area contributed by atoms with Gasteiger partial charge in [0.1, 0.15) is 19.8 Å². The van der Waals surface area contributed by atoms with Gasteiger partial charge in [0.05, 0.1) is 27.7 Å². The zero-order chi connectivity index (χ0) is 39.3. The highest BCUT2D eigenvalue weighted by Gasteiger charge is 2.27. The van der Waals surface area contributed by atoms with Crippen LogP contribution < -0.4 is 0 Å². The summed E-state index contributed by atoms with van der Waals surface area (Å²) in [5, 5.41) is 0. The summed E-state index contributed by atoms with van der Waals surface area (Å²) in [5.41, 5.74) is 0. The van der Waals surface area contributed by atoms with E-state index in [2.05, 4.69) is 50.3 Å². The number of hydrogen-bond acceptors (Lipinski definition) is 7. The number of unbranched alkanes of at least 4 members (excludes halogenated alkanes) is 18. The molecule has 0 rings (SSSR count). The lowest BCUT2D eigenvalue weighted by Crippen LogP contribution is -2.37. The maximum Gasteiger partial charge on any atom is 0.472 e. The summed E-state index contributed by atoms with van der Waals surface area (Å²) < 4.78 is 34.2. The monoisotopic (exact) mass is 771 g/mol. The molecule has 0 spiro atoms. The first-order valence-electron chi connectivity index (χ1n) is 21.2. The topological polar surface area (TPSA) is 108 Å². The molecule has 0 aromatic carbocycles. The fourth-order valence-corrected chi connectivity index (χ4v) is 6.22. The second-order valence-electron chi connectivity index (χ2n) is 15.4. The van der Waals surface area contributed by atoms with E-state index in [9.17, 15) is 19.0 Å². The zero-order valence-corrected chi connectivity index (χ0v) is 35.6. The first-order chi connectivity index (χ1) is 25.5. The summed E-state index contributed by atoms with van der Waals surface area (Å²) >= 11 is 0. The van der Waals surface area contributed by atoms with Crippen LogP contribution in [0, 0.1) is 0 Å². The van der Waals surface area contributed by atoms with Crippen LogP contribution in [0.1, 0.15) is 174 Å². The molecule has 53 heavy (non-hydrogen) atoms.